The van der Waals surface area contributed by atoms with Crippen molar-refractivity contribution in [3.8, 4) is 0 Å². The summed E-state index contributed by atoms with van der Waals surface area (Å²) in [5.74, 6) is -0.281. The van der Waals surface area contributed by atoms with Crippen LogP contribution < -0.4 is 0 Å². The third-order valence-electron chi connectivity index (χ3n) is 6.14. The smallest absolute Gasteiger partial charge is 0.257 e. The summed E-state index contributed by atoms with van der Waals surface area (Å²) < 4.78 is 1.53. The highest BCUT2D eigenvalue weighted by atomic mass is 16.6. The Morgan fingerprint density at radius 3 is 2.35 bits per heavy atom. The van der Waals surface area contributed by atoms with Gasteiger partial charge < -0.3 is 4.57 Å². The fourth-order valence-electron chi connectivity index (χ4n) is 4.61. The molecular formula is C24H19N3O4. The molecule has 2 aromatic carbocycles. The summed E-state index contributed by atoms with van der Waals surface area (Å²) in [4.78, 5) is 42.0. The van der Waals surface area contributed by atoms with E-state index < -0.39 is 0 Å². The molecule has 1 heterocycles. The Morgan fingerprint density at radius 2 is 1.65 bits per heavy atom. The molecule has 0 bridgehead atoms. The van der Waals surface area contributed by atoms with Gasteiger partial charge in [0.2, 0.25) is 11.6 Å². The summed E-state index contributed by atoms with van der Waals surface area (Å²) in [6, 6.07) is 14.4. The number of carbonyl (C=O) groups excluding carboxylic acids is 2. The molecule has 7 heteroatoms. The first-order valence-corrected chi connectivity index (χ1v) is 10.2. The summed E-state index contributed by atoms with van der Waals surface area (Å²) in [6.45, 7) is 0. The van der Waals surface area contributed by atoms with Crippen molar-refractivity contribution < 1.29 is 14.5 Å². The van der Waals surface area contributed by atoms with Crippen molar-refractivity contribution in [2.75, 3.05) is 0 Å². The number of hydrogen-bond donors (Lipinski definition) is 0. The van der Waals surface area contributed by atoms with Crippen LogP contribution in [0.5, 0.6) is 0 Å². The van der Waals surface area contributed by atoms with Crippen LogP contribution in [-0.2, 0) is 19.9 Å². The molecule has 0 radical (unpaired) electrons. The summed E-state index contributed by atoms with van der Waals surface area (Å²) in [7, 11) is 1.64. The molecule has 0 saturated heterocycles. The van der Waals surface area contributed by atoms with E-state index in [1.807, 2.05) is 24.3 Å². The number of imidazole rings is 1. The number of ketones is 2. The van der Waals surface area contributed by atoms with E-state index in [1.165, 1.54) is 4.57 Å². The molecule has 2 aliphatic carbocycles. The van der Waals surface area contributed by atoms with Gasteiger partial charge in [-0.1, -0.05) is 48.5 Å². The van der Waals surface area contributed by atoms with Crippen molar-refractivity contribution in [3.05, 3.63) is 104 Å². The van der Waals surface area contributed by atoms with Crippen LogP contribution in [0.2, 0.25) is 0 Å². The topological polar surface area (TPSA) is 95.1 Å². The Labute approximate surface area is 178 Å². The zero-order valence-electron chi connectivity index (χ0n) is 16.9. The molecule has 3 aromatic rings. The van der Waals surface area contributed by atoms with Gasteiger partial charge in [-0.15, -0.1) is 0 Å². The van der Waals surface area contributed by atoms with E-state index in [2.05, 4.69) is 4.98 Å². The number of nitro groups is 1. The van der Waals surface area contributed by atoms with Crippen molar-refractivity contribution in [1.82, 2.24) is 9.55 Å². The Balaban J connectivity index is 1.62. The maximum Gasteiger partial charge on any atom is 0.257 e. The number of benzene rings is 2. The zero-order chi connectivity index (χ0) is 21.7. The van der Waals surface area contributed by atoms with E-state index in [-0.39, 0.29) is 40.0 Å². The van der Waals surface area contributed by atoms with Gasteiger partial charge in [-0.05, 0) is 30.4 Å². The lowest BCUT2D eigenvalue weighted by Crippen LogP contribution is -2.22. The van der Waals surface area contributed by atoms with Crippen molar-refractivity contribution in [2.45, 2.75) is 25.7 Å². The van der Waals surface area contributed by atoms with Crippen LogP contribution in [0.4, 0.5) is 0 Å². The Kier molecular flexibility index (Phi) is 4.39. The highest BCUT2D eigenvalue weighted by molar-refractivity contribution is 6.27. The zero-order valence-corrected chi connectivity index (χ0v) is 16.9. The van der Waals surface area contributed by atoms with E-state index in [4.69, 9.17) is 0 Å². The lowest BCUT2D eigenvalue weighted by Gasteiger charge is -2.19. The van der Waals surface area contributed by atoms with Crippen molar-refractivity contribution in [2.24, 2.45) is 7.05 Å². The predicted molar refractivity (Wildman–Crippen MR) is 114 cm³/mol. The molecule has 0 N–H and O–H groups in total. The van der Waals surface area contributed by atoms with Crippen molar-refractivity contribution in [1.29, 1.82) is 0 Å². The number of aromatic nitrogens is 2. The van der Waals surface area contributed by atoms with Crippen LogP contribution in [0, 0.1) is 10.1 Å². The fraction of sp³-hybridized carbons (Fsp3) is 0.208. The minimum Gasteiger partial charge on any atom is -0.327 e. The number of allylic oxidation sites excluding steroid dienone is 2. The van der Waals surface area contributed by atoms with Gasteiger partial charge in [-0.2, -0.15) is 0 Å². The first-order valence-electron chi connectivity index (χ1n) is 10.2. The number of hydrogen-bond acceptors (Lipinski definition) is 5. The number of aryl methyl sites for hydroxylation is 1. The van der Waals surface area contributed by atoms with Gasteiger partial charge in [0, 0.05) is 23.7 Å². The van der Waals surface area contributed by atoms with E-state index in [0.717, 1.165) is 24.0 Å². The van der Waals surface area contributed by atoms with Crippen molar-refractivity contribution in [3.63, 3.8) is 0 Å². The summed E-state index contributed by atoms with van der Waals surface area (Å²) in [5.41, 5.74) is 3.68. The predicted octanol–water partition coefficient (Wildman–Crippen LogP) is 3.76. The molecule has 31 heavy (non-hydrogen) atoms. The second-order valence-electron chi connectivity index (χ2n) is 7.86. The molecule has 0 saturated carbocycles. The quantitative estimate of drug-likeness (QED) is 0.376. The lowest BCUT2D eigenvalue weighted by atomic mass is 9.86. The second kappa shape index (κ2) is 7.12. The molecule has 5 rings (SSSR count). The molecule has 1 aromatic heterocycles. The Hall–Kier alpha value is -3.87. The van der Waals surface area contributed by atoms with Crippen LogP contribution in [0.3, 0.4) is 0 Å². The number of nitrogens with zero attached hydrogens (tertiary/aromatic N) is 3. The summed E-state index contributed by atoms with van der Waals surface area (Å²) in [5, 5.41) is 12.1. The van der Waals surface area contributed by atoms with E-state index >= 15 is 0 Å². The first kappa shape index (κ1) is 19.1. The normalized spacial score (nSPS) is 16.4. The van der Waals surface area contributed by atoms with Gasteiger partial charge >= 0.3 is 0 Å². The number of fused-ring (bicyclic) bond motifs is 3. The number of rotatable bonds is 3. The lowest BCUT2D eigenvalue weighted by molar-refractivity contribution is -0.426. The van der Waals surface area contributed by atoms with Gasteiger partial charge in [-0.25, -0.2) is 4.98 Å². The van der Waals surface area contributed by atoms with Crippen LogP contribution in [0.25, 0.3) is 5.57 Å². The van der Waals surface area contributed by atoms with E-state index in [1.54, 1.807) is 31.3 Å². The fourth-order valence-corrected chi connectivity index (χ4v) is 4.61. The molecule has 7 nitrogen and oxygen atoms in total. The molecular weight excluding hydrogens is 394 g/mol. The molecule has 0 spiro atoms. The minimum atomic E-state index is -0.358. The third kappa shape index (κ3) is 2.92. The van der Waals surface area contributed by atoms with Gasteiger partial charge in [-0.3, -0.25) is 19.7 Å². The Morgan fingerprint density at radius 1 is 1.00 bits per heavy atom. The van der Waals surface area contributed by atoms with Crippen molar-refractivity contribution >= 4 is 17.1 Å². The summed E-state index contributed by atoms with van der Waals surface area (Å²) in [6.07, 6.45) is 2.29. The summed E-state index contributed by atoms with van der Waals surface area (Å²) >= 11 is 0. The first-order chi connectivity index (χ1) is 15.0. The van der Waals surface area contributed by atoms with Crippen LogP contribution in [0.1, 0.15) is 61.9 Å². The highest BCUT2D eigenvalue weighted by Gasteiger charge is 2.36. The van der Waals surface area contributed by atoms with Gasteiger partial charge in [0.05, 0.1) is 11.3 Å². The van der Waals surface area contributed by atoms with Gasteiger partial charge in [0.1, 0.15) is 17.2 Å². The molecule has 0 amide bonds. The highest BCUT2D eigenvalue weighted by Crippen LogP contribution is 2.35. The number of carbonyl (C=O) groups is 2. The van der Waals surface area contributed by atoms with Crippen LogP contribution >= 0.6 is 0 Å². The van der Waals surface area contributed by atoms with E-state index in [0.29, 0.717) is 28.9 Å². The van der Waals surface area contributed by atoms with Gasteiger partial charge in [0.15, 0.2) is 0 Å². The molecule has 0 atom stereocenters. The van der Waals surface area contributed by atoms with Crippen LogP contribution in [0.15, 0.2) is 54.2 Å². The standard InChI is InChI=1S/C24H19N3O4/c1-26-20(25-21-22(26)24(29)18-11-5-4-10-17(18)23(21)28)13-19(27(30)31)16-12-6-8-14-7-2-3-9-15(14)16/h2-5,7,9-11H,6,8,12-13H2,1H3/b19-16-. The average molecular weight is 413 g/mol. The van der Waals surface area contributed by atoms with Crippen LogP contribution in [-0.4, -0.2) is 26.0 Å². The Bertz CT molecular complexity index is 1320. The molecule has 0 unspecified atom stereocenters. The minimum absolute atomic E-state index is 0.0585. The SMILES string of the molecule is Cn1c(C/C(=C2\CCCc3ccccc32)[N+](=O)[O-])nc2c1C(=O)c1ccccc1C2=O. The van der Waals surface area contributed by atoms with E-state index in [9.17, 15) is 19.7 Å². The molecule has 0 fully saturated rings. The monoisotopic (exact) mass is 413 g/mol. The maximum atomic E-state index is 13.0. The second-order valence-corrected chi connectivity index (χ2v) is 7.86. The molecule has 0 aliphatic heterocycles. The molecule has 154 valence electrons. The average Bonchev–Trinajstić information content (AvgIpc) is 3.12. The molecule has 2 aliphatic rings. The largest absolute Gasteiger partial charge is 0.327 e. The maximum absolute atomic E-state index is 13.0. The third-order valence-corrected chi connectivity index (χ3v) is 6.14. The van der Waals surface area contributed by atoms with Gasteiger partial charge in [0.25, 0.3) is 5.70 Å².